The molecule has 18 heavy (non-hydrogen) atoms. The van der Waals surface area contributed by atoms with Crippen molar-refractivity contribution in [1.82, 2.24) is 9.55 Å². The Morgan fingerprint density at radius 2 is 2.22 bits per heavy atom. The molecule has 0 fully saturated rings. The summed E-state index contributed by atoms with van der Waals surface area (Å²) in [5.41, 5.74) is 8.50. The number of nitrogens with zero attached hydrogens (tertiary/aromatic N) is 2. The van der Waals surface area contributed by atoms with Gasteiger partial charge in [-0.25, -0.2) is 4.79 Å². The Labute approximate surface area is 102 Å². The third kappa shape index (κ3) is 1.75. The van der Waals surface area contributed by atoms with Gasteiger partial charge in [0.15, 0.2) is 5.58 Å². The predicted octanol–water partition coefficient (Wildman–Crippen LogP) is 1.62. The molecule has 0 aliphatic carbocycles. The summed E-state index contributed by atoms with van der Waals surface area (Å²) in [5.74, 6) is -0.389. The van der Waals surface area contributed by atoms with Crippen molar-refractivity contribution < 1.29 is 4.42 Å². The number of anilines is 1. The smallest absolute Gasteiger partial charge is 0.408 e. The van der Waals surface area contributed by atoms with E-state index in [2.05, 4.69) is 4.98 Å². The molecule has 0 amide bonds. The van der Waals surface area contributed by atoms with E-state index in [9.17, 15) is 4.79 Å². The molecule has 0 spiro atoms. The van der Waals surface area contributed by atoms with Crippen LogP contribution in [0, 0.1) is 0 Å². The lowest BCUT2D eigenvalue weighted by molar-refractivity contribution is 0.517. The first-order valence-corrected chi connectivity index (χ1v) is 5.52. The van der Waals surface area contributed by atoms with Gasteiger partial charge in [0, 0.05) is 18.1 Å². The van der Waals surface area contributed by atoms with Gasteiger partial charge in [0.05, 0.1) is 12.1 Å². The lowest BCUT2D eigenvalue weighted by atomic mass is 10.2. The van der Waals surface area contributed by atoms with Gasteiger partial charge in [0.25, 0.3) is 0 Å². The van der Waals surface area contributed by atoms with E-state index < -0.39 is 0 Å². The summed E-state index contributed by atoms with van der Waals surface area (Å²) < 4.78 is 6.70. The topological polar surface area (TPSA) is 74.0 Å². The summed E-state index contributed by atoms with van der Waals surface area (Å²) >= 11 is 0. The summed E-state index contributed by atoms with van der Waals surface area (Å²) in [6.45, 7) is 0.420. The van der Waals surface area contributed by atoms with E-state index in [-0.39, 0.29) is 5.76 Å². The van der Waals surface area contributed by atoms with Crippen LogP contribution in [-0.4, -0.2) is 9.55 Å². The Morgan fingerprint density at radius 3 is 3.00 bits per heavy atom. The molecule has 0 bridgehead atoms. The number of hydrogen-bond acceptors (Lipinski definition) is 4. The van der Waals surface area contributed by atoms with Crippen LogP contribution in [0.3, 0.4) is 0 Å². The van der Waals surface area contributed by atoms with Crippen molar-refractivity contribution in [2.24, 2.45) is 0 Å². The largest absolute Gasteiger partial charge is 0.420 e. The number of fused-ring (bicyclic) bond motifs is 1. The number of oxazole rings is 1. The molecular weight excluding hydrogens is 230 g/mol. The van der Waals surface area contributed by atoms with Gasteiger partial charge in [-0.3, -0.25) is 9.55 Å². The molecular formula is C13H11N3O2. The second-order valence-electron chi connectivity index (χ2n) is 4.04. The van der Waals surface area contributed by atoms with Crippen LogP contribution in [0.15, 0.2) is 51.9 Å². The molecule has 5 nitrogen and oxygen atoms in total. The van der Waals surface area contributed by atoms with E-state index in [0.29, 0.717) is 23.3 Å². The van der Waals surface area contributed by atoms with Crippen LogP contribution in [-0.2, 0) is 6.54 Å². The highest BCUT2D eigenvalue weighted by Gasteiger charge is 2.09. The molecule has 3 rings (SSSR count). The first-order valence-electron chi connectivity index (χ1n) is 5.52. The average molecular weight is 241 g/mol. The summed E-state index contributed by atoms with van der Waals surface area (Å²) in [7, 11) is 0. The molecule has 0 saturated carbocycles. The van der Waals surface area contributed by atoms with Crippen LogP contribution >= 0.6 is 0 Å². The van der Waals surface area contributed by atoms with Crippen LogP contribution in [0.1, 0.15) is 5.56 Å². The van der Waals surface area contributed by atoms with Gasteiger partial charge in [-0.05, 0) is 29.8 Å². The second kappa shape index (κ2) is 4.03. The number of nitrogen functional groups attached to an aromatic ring is 1. The van der Waals surface area contributed by atoms with Crippen molar-refractivity contribution in [3.63, 3.8) is 0 Å². The van der Waals surface area contributed by atoms with E-state index in [1.807, 2.05) is 12.1 Å². The fraction of sp³-hybridized carbons (Fsp3) is 0.0769. The molecule has 2 heterocycles. The third-order valence-electron chi connectivity index (χ3n) is 2.75. The van der Waals surface area contributed by atoms with E-state index in [4.69, 9.17) is 10.2 Å². The maximum atomic E-state index is 11.8. The first kappa shape index (κ1) is 10.6. The molecule has 5 heteroatoms. The molecule has 0 saturated heterocycles. The predicted molar refractivity (Wildman–Crippen MR) is 68.2 cm³/mol. The van der Waals surface area contributed by atoms with Gasteiger partial charge < -0.3 is 10.2 Å². The lowest BCUT2D eigenvalue weighted by Gasteiger charge is -2.02. The average Bonchev–Trinajstić information content (AvgIpc) is 2.67. The standard InChI is InChI=1S/C13H11N3O2/c14-10-3-4-12-11(6-10)16(13(17)18-12)8-9-2-1-5-15-7-9/h1-7H,8,14H2. The fourth-order valence-corrected chi connectivity index (χ4v) is 1.90. The van der Waals surface area contributed by atoms with Crippen LogP contribution in [0.2, 0.25) is 0 Å². The first-order chi connectivity index (χ1) is 8.74. The molecule has 1 aromatic carbocycles. The van der Waals surface area contributed by atoms with Gasteiger partial charge in [-0.15, -0.1) is 0 Å². The number of nitrogens with two attached hydrogens (primary N) is 1. The van der Waals surface area contributed by atoms with Crippen LogP contribution in [0.5, 0.6) is 0 Å². The molecule has 90 valence electrons. The fourth-order valence-electron chi connectivity index (χ4n) is 1.90. The lowest BCUT2D eigenvalue weighted by Crippen LogP contribution is -2.14. The molecule has 0 radical (unpaired) electrons. The zero-order valence-electron chi connectivity index (χ0n) is 9.54. The van der Waals surface area contributed by atoms with Gasteiger partial charge >= 0.3 is 5.76 Å². The van der Waals surface area contributed by atoms with Crippen LogP contribution in [0.25, 0.3) is 11.1 Å². The Morgan fingerprint density at radius 1 is 1.33 bits per heavy atom. The van der Waals surface area contributed by atoms with Gasteiger partial charge in [-0.1, -0.05) is 6.07 Å². The third-order valence-corrected chi connectivity index (χ3v) is 2.75. The Hall–Kier alpha value is -2.56. The van der Waals surface area contributed by atoms with Crippen molar-refractivity contribution in [3.05, 3.63) is 58.8 Å². The monoisotopic (exact) mass is 241 g/mol. The molecule has 0 aliphatic heterocycles. The summed E-state index contributed by atoms with van der Waals surface area (Å²) in [6.07, 6.45) is 3.41. The minimum absolute atomic E-state index is 0.389. The van der Waals surface area contributed by atoms with Gasteiger partial charge in [0.2, 0.25) is 0 Å². The molecule has 0 unspecified atom stereocenters. The van der Waals surface area contributed by atoms with E-state index in [1.54, 1.807) is 35.2 Å². The number of pyridine rings is 1. The maximum Gasteiger partial charge on any atom is 0.420 e. The maximum absolute atomic E-state index is 11.8. The summed E-state index contributed by atoms with van der Waals surface area (Å²) in [6, 6.07) is 8.88. The normalized spacial score (nSPS) is 10.9. The van der Waals surface area contributed by atoms with E-state index >= 15 is 0 Å². The highest BCUT2D eigenvalue weighted by Crippen LogP contribution is 2.17. The Balaban J connectivity index is 2.14. The van der Waals surface area contributed by atoms with Crippen molar-refractivity contribution >= 4 is 16.8 Å². The Kier molecular flexibility index (Phi) is 2.37. The van der Waals surface area contributed by atoms with E-state index in [1.165, 1.54) is 0 Å². The molecule has 0 aliphatic rings. The summed E-state index contributed by atoms with van der Waals surface area (Å²) in [4.78, 5) is 15.8. The highest BCUT2D eigenvalue weighted by molar-refractivity contribution is 5.77. The van der Waals surface area contributed by atoms with E-state index in [0.717, 1.165) is 5.56 Å². The molecule has 0 atom stereocenters. The van der Waals surface area contributed by atoms with Crippen molar-refractivity contribution in [2.45, 2.75) is 6.54 Å². The van der Waals surface area contributed by atoms with Crippen molar-refractivity contribution in [3.8, 4) is 0 Å². The zero-order valence-corrected chi connectivity index (χ0v) is 9.54. The molecule has 2 aromatic heterocycles. The number of aromatic nitrogens is 2. The molecule has 2 N–H and O–H groups in total. The van der Waals surface area contributed by atoms with Gasteiger partial charge in [-0.2, -0.15) is 0 Å². The summed E-state index contributed by atoms with van der Waals surface area (Å²) in [5, 5.41) is 0. The number of hydrogen-bond donors (Lipinski definition) is 1. The van der Waals surface area contributed by atoms with Crippen LogP contribution in [0.4, 0.5) is 5.69 Å². The highest BCUT2D eigenvalue weighted by atomic mass is 16.4. The van der Waals surface area contributed by atoms with Crippen molar-refractivity contribution in [1.29, 1.82) is 0 Å². The van der Waals surface area contributed by atoms with Gasteiger partial charge in [0.1, 0.15) is 0 Å². The minimum atomic E-state index is -0.389. The SMILES string of the molecule is Nc1ccc2oc(=O)n(Cc3cccnc3)c2c1. The zero-order chi connectivity index (χ0) is 12.5. The molecule has 3 aromatic rings. The minimum Gasteiger partial charge on any atom is -0.408 e. The number of benzene rings is 1. The number of rotatable bonds is 2. The van der Waals surface area contributed by atoms with Crippen LogP contribution < -0.4 is 11.5 Å². The second-order valence-corrected chi connectivity index (χ2v) is 4.04. The van der Waals surface area contributed by atoms with Crippen molar-refractivity contribution in [2.75, 3.05) is 5.73 Å². The Bertz CT molecular complexity index is 744. The quantitative estimate of drug-likeness (QED) is 0.692.